The summed E-state index contributed by atoms with van der Waals surface area (Å²) in [6.45, 7) is 3.83. The highest BCUT2D eigenvalue weighted by atomic mass is 16.5. The number of rotatable bonds is 4. The highest BCUT2D eigenvalue weighted by molar-refractivity contribution is 5.71. The molecule has 0 fully saturated rings. The molecule has 0 aliphatic heterocycles. The summed E-state index contributed by atoms with van der Waals surface area (Å²) in [6, 6.07) is 0. The first kappa shape index (κ1) is 10.4. The zero-order valence-corrected chi connectivity index (χ0v) is 7.33. The number of hydrogen-bond donors (Lipinski definition) is 1. The first-order valence-electron chi connectivity index (χ1n) is 3.80. The fourth-order valence-corrected chi connectivity index (χ4v) is 0.975. The average molecular weight is 160 g/mol. The third kappa shape index (κ3) is 3.98. The Morgan fingerprint density at radius 1 is 1.55 bits per heavy atom. The van der Waals surface area contributed by atoms with E-state index >= 15 is 0 Å². The predicted octanol–water partition coefficient (Wildman–Crippen LogP) is 0.814. The van der Waals surface area contributed by atoms with Crippen molar-refractivity contribution in [3.8, 4) is 0 Å². The number of esters is 1. The van der Waals surface area contributed by atoms with Gasteiger partial charge < -0.3 is 9.84 Å². The summed E-state index contributed by atoms with van der Waals surface area (Å²) >= 11 is 0. The fourth-order valence-electron chi connectivity index (χ4n) is 0.975. The van der Waals surface area contributed by atoms with E-state index in [0.717, 1.165) is 0 Å². The summed E-state index contributed by atoms with van der Waals surface area (Å²) in [5.74, 6) is -0.142. The van der Waals surface area contributed by atoms with Gasteiger partial charge in [0, 0.05) is 6.61 Å². The normalized spacial score (nSPS) is 15.6. The van der Waals surface area contributed by atoms with E-state index in [-0.39, 0.29) is 24.4 Å². The lowest BCUT2D eigenvalue weighted by molar-refractivity contribution is -0.145. The van der Waals surface area contributed by atoms with E-state index in [2.05, 4.69) is 4.74 Å². The number of methoxy groups -OCH3 is 1. The van der Waals surface area contributed by atoms with Crippen LogP contribution >= 0.6 is 0 Å². The summed E-state index contributed by atoms with van der Waals surface area (Å²) in [4.78, 5) is 10.9. The molecule has 1 N–H and O–H groups in total. The Balaban J connectivity index is 3.67. The molecule has 3 heteroatoms. The van der Waals surface area contributed by atoms with E-state index in [1.165, 1.54) is 7.11 Å². The Morgan fingerprint density at radius 2 is 2.09 bits per heavy atom. The largest absolute Gasteiger partial charge is 0.469 e. The van der Waals surface area contributed by atoms with Gasteiger partial charge in [0.15, 0.2) is 0 Å². The maximum Gasteiger partial charge on any atom is 0.308 e. The molecule has 0 saturated carbocycles. The van der Waals surface area contributed by atoms with Crippen molar-refractivity contribution in [2.75, 3.05) is 13.7 Å². The van der Waals surface area contributed by atoms with Crippen LogP contribution in [0.1, 0.15) is 20.3 Å². The Bertz CT molecular complexity index is 123. The van der Waals surface area contributed by atoms with Crippen molar-refractivity contribution < 1.29 is 14.6 Å². The molecule has 0 aliphatic rings. The molecule has 0 heterocycles. The topological polar surface area (TPSA) is 46.5 Å². The zero-order chi connectivity index (χ0) is 8.85. The first-order valence-corrected chi connectivity index (χ1v) is 3.80. The molecular formula is C8H16O3. The second kappa shape index (κ2) is 5.13. The van der Waals surface area contributed by atoms with Crippen LogP contribution in [0.15, 0.2) is 0 Å². The maximum atomic E-state index is 10.9. The van der Waals surface area contributed by atoms with Crippen molar-refractivity contribution >= 4 is 5.97 Å². The maximum absolute atomic E-state index is 10.9. The molecule has 0 bridgehead atoms. The third-order valence-corrected chi connectivity index (χ3v) is 1.67. The van der Waals surface area contributed by atoms with Gasteiger partial charge in [-0.3, -0.25) is 4.79 Å². The molecular weight excluding hydrogens is 144 g/mol. The number of hydrogen-bond acceptors (Lipinski definition) is 3. The van der Waals surface area contributed by atoms with Gasteiger partial charge >= 0.3 is 5.97 Å². The van der Waals surface area contributed by atoms with Crippen LogP contribution < -0.4 is 0 Å². The van der Waals surface area contributed by atoms with Crippen molar-refractivity contribution in [1.82, 2.24) is 0 Å². The van der Waals surface area contributed by atoms with E-state index < -0.39 is 0 Å². The quantitative estimate of drug-likeness (QED) is 0.619. The molecule has 2 atom stereocenters. The lowest BCUT2D eigenvalue weighted by Crippen LogP contribution is -2.17. The lowest BCUT2D eigenvalue weighted by atomic mass is 9.98. The van der Waals surface area contributed by atoms with Gasteiger partial charge in [0.25, 0.3) is 0 Å². The number of carbonyl (C=O) groups is 1. The van der Waals surface area contributed by atoms with Crippen LogP contribution in [-0.4, -0.2) is 24.8 Å². The van der Waals surface area contributed by atoms with Gasteiger partial charge in [0.2, 0.25) is 0 Å². The van der Waals surface area contributed by atoms with Crippen molar-refractivity contribution in [2.45, 2.75) is 20.3 Å². The zero-order valence-electron chi connectivity index (χ0n) is 7.33. The molecule has 0 aromatic carbocycles. The molecule has 11 heavy (non-hydrogen) atoms. The van der Waals surface area contributed by atoms with Gasteiger partial charge in [-0.1, -0.05) is 13.8 Å². The summed E-state index contributed by atoms with van der Waals surface area (Å²) in [5, 5.41) is 8.69. The predicted molar refractivity (Wildman–Crippen MR) is 42.0 cm³/mol. The van der Waals surface area contributed by atoms with Crippen LogP contribution in [0.5, 0.6) is 0 Å². The van der Waals surface area contributed by atoms with Crippen molar-refractivity contribution in [2.24, 2.45) is 11.8 Å². The molecule has 0 aromatic heterocycles. The molecule has 0 rings (SSSR count). The third-order valence-electron chi connectivity index (χ3n) is 1.67. The highest BCUT2D eigenvalue weighted by Crippen LogP contribution is 2.11. The molecule has 0 spiro atoms. The fraction of sp³-hybridized carbons (Fsp3) is 0.875. The number of aliphatic hydroxyl groups is 1. The monoisotopic (exact) mass is 160 g/mol. The molecule has 0 radical (unpaired) electrons. The van der Waals surface area contributed by atoms with Gasteiger partial charge in [-0.05, 0) is 12.3 Å². The van der Waals surface area contributed by atoms with E-state index in [1.807, 2.05) is 6.92 Å². The smallest absolute Gasteiger partial charge is 0.308 e. The van der Waals surface area contributed by atoms with Crippen molar-refractivity contribution in [3.05, 3.63) is 0 Å². The van der Waals surface area contributed by atoms with E-state index in [4.69, 9.17) is 5.11 Å². The summed E-state index contributed by atoms with van der Waals surface area (Å²) in [7, 11) is 1.38. The van der Waals surface area contributed by atoms with E-state index in [9.17, 15) is 4.79 Å². The van der Waals surface area contributed by atoms with Gasteiger partial charge in [-0.15, -0.1) is 0 Å². The molecule has 0 aromatic rings. The molecule has 0 aliphatic carbocycles. The Kier molecular flexibility index (Phi) is 4.86. The van der Waals surface area contributed by atoms with Crippen LogP contribution in [0.25, 0.3) is 0 Å². The Labute approximate surface area is 67.4 Å². The molecule has 0 saturated heterocycles. The SMILES string of the molecule is COC(=O)C(C)CC(C)CO. The number of ether oxygens (including phenoxy) is 1. The van der Waals surface area contributed by atoms with Gasteiger partial charge in [-0.25, -0.2) is 0 Å². The standard InChI is InChI=1S/C8H16O3/c1-6(5-9)4-7(2)8(10)11-3/h6-7,9H,4-5H2,1-3H3. The van der Waals surface area contributed by atoms with E-state index in [1.54, 1.807) is 6.92 Å². The Hall–Kier alpha value is -0.570. The number of aliphatic hydroxyl groups excluding tert-OH is 1. The minimum atomic E-state index is -0.203. The van der Waals surface area contributed by atoms with Crippen molar-refractivity contribution in [3.63, 3.8) is 0 Å². The lowest BCUT2D eigenvalue weighted by Gasteiger charge is -2.12. The van der Waals surface area contributed by atoms with Crippen molar-refractivity contribution in [1.29, 1.82) is 0 Å². The minimum Gasteiger partial charge on any atom is -0.469 e. The van der Waals surface area contributed by atoms with E-state index in [0.29, 0.717) is 6.42 Å². The minimum absolute atomic E-state index is 0.109. The number of carbonyl (C=O) groups excluding carboxylic acids is 1. The second-order valence-corrected chi connectivity index (χ2v) is 2.95. The van der Waals surface area contributed by atoms with Crippen LogP contribution in [0.2, 0.25) is 0 Å². The van der Waals surface area contributed by atoms with Crippen LogP contribution in [0, 0.1) is 11.8 Å². The van der Waals surface area contributed by atoms with Gasteiger partial charge in [0.1, 0.15) is 0 Å². The second-order valence-electron chi connectivity index (χ2n) is 2.95. The summed E-state index contributed by atoms with van der Waals surface area (Å²) < 4.78 is 4.54. The Morgan fingerprint density at radius 3 is 2.45 bits per heavy atom. The molecule has 66 valence electrons. The van der Waals surface area contributed by atoms with Gasteiger partial charge in [0.05, 0.1) is 13.0 Å². The van der Waals surface area contributed by atoms with Crippen LogP contribution in [0.3, 0.4) is 0 Å². The van der Waals surface area contributed by atoms with Crippen LogP contribution in [-0.2, 0) is 9.53 Å². The molecule has 2 unspecified atom stereocenters. The van der Waals surface area contributed by atoms with Gasteiger partial charge in [-0.2, -0.15) is 0 Å². The molecule has 0 amide bonds. The molecule has 3 nitrogen and oxygen atoms in total. The summed E-state index contributed by atoms with van der Waals surface area (Å²) in [5.41, 5.74) is 0. The first-order chi connectivity index (χ1) is 5.11. The van der Waals surface area contributed by atoms with Crippen LogP contribution in [0.4, 0.5) is 0 Å². The average Bonchev–Trinajstić information content (AvgIpc) is 2.02. The highest BCUT2D eigenvalue weighted by Gasteiger charge is 2.15. The summed E-state index contributed by atoms with van der Waals surface area (Å²) in [6.07, 6.45) is 0.684.